The number of aliphatic hydroxyl groups excluding tert-OH is 1. The fraction of sp³-hybridized carbons (Fsp3) is 0.333. The van der Waals surface area contributed by atoms with Gasteiger partial charge in [0.15, 0.2) is 0 Å². The van der Waals surface area contributed by atoms with Crippen molar-refractivity contribution in [1.82, 2.24) is 0 Å². The number of aliphatic hydroxyl groups is 1. The summed E-state index contributed by atoms with van der Waals surface area (Å²) < 4.78 is 0. The molecule has 2 aromatic carbocycles. The molecule has 0 heterocycles. The van der Waals surface area contributed by atoms with Crippen LogP contribution in [0.2, 0.25) is 0 Å². The zero-order valence-electron chi connectivity index (χ0n) is 12.3. The first kappa shape index (κ1) is 11.7. The lowest BCUT2D eigenvalue weighted by Crippen LogP contribution is -2.41. The molecule has 1 heteroatoms. The van der Waals surface area contributed by atoms with Crippen LogP contribution < -0.4 is 0 Å². The molecule has 4 bridgehead atoms. The molecule has 1 fully saturated rings. The van der Waals surface area contributed by atoms with E-state index in [1.807, 2.05) is 0 Å². The molecule has 0 aromatic heterocycles. The first-order valence-corrected chi connectivity index (χ1v) is 8.40. The molecular weight excluding hydrogens is 268 g/mol. The second-order valence-corrected chi connectivity index (χ2v) is 7.40. The van der Waals surface area contributed by atoms with Crippen molar-refractivity contribution in [2.75, 3.05) is 0 Å². The number of benzene rings is 2. The summed E-state index contributed by atoms with van der Waals surface area (Å²) in [6.07, 6.45) is 4.42. The van der Waals surface area contributed by atoms with Crippen LogP contribution in [0.1, 0.15) is 34.1 Å². The molecule has 4 unspecified atom stereocenters. The van der Waals surface area contributed by atoms with Gasteiger partial charge in [-0.1, -0.05) is 60.7 Å². The van der Waals surface area contributed by atoms with E-state index in [0.29, 0.717) is 35.5 Å². The number of hydrogen-bond acceptors (Lipinski definition) is 1. The molecule has 108 valence electrons. The van der Waals surface area contributed by atoms with Crippen molar-refractivity contribution in [3.05, 3.63) is 82.9 Å². The van der Waals surface area contributed by atoms with Gasteiger partial charge in [-0.3, -0.25) is 0 Å². The average Bonchev–Trinajstić information content (AvgIpc) is 3.08. The quantitative estimate of drug-likeness (QED) is 0.732. The van der Waals surface area contributed by atoms with Gasteiger partial charge in [-0.15, -0.1) is 0 Å². The predicted molar refractivity (Wildman–Crippen MR) is 85.7 cm³/mol. The van der Waals surface area contributed by atoms with Crippen LogP contribution in [0.25, 0.3) is 0 Å². The van der Waals surface area contributed by atoms with Gasteiger partial charge < -0.3 is 5.11 Å². The molecule has 5 aliphatic carbocycles. The van der Waals surface area contributed by atoms with Gasteiger partial charge in [-0.25, -0.2) is 0 Å². The summed E-state index contributed by atoms with van der Waals surface area (Å²) in [5.74, 6) is 2.81. The highest BCUT2D eigenvalue weighted by atomic mass is 16.3. The Hall–Kier alpha value is -1.86. The van der Waals surface area contributed by atoms with Crippen LogP contribution in [0, 0.1) is 23.7 Å². The number of hydrogen-bond donors (Lipinski definition) is 1. The monoisotopic (exact) mass is 286 g/mol. The van der Waals surface area contributed by atoms with Crippen molar-refractivity contribution in [1.29, 1.82) is 0 Å². The van der Waals surface area contributed by atoms with Crippen LogP contribution in [0.4, 0.5) is 0 Å². The third-order valence-corrected chi connectivity index (χ3v) is 6.78. The van der Waals surface area contributed by atoms with Crippen LogP contribution >= 0.6 is 0 Å². The summed E-state index contributed by atoms with van der Waals surface area (Å²) in [4.78, 5) is 0. The molecule has 1 N–H and O–H groups in total. The Balaban J connectivity index is 1.69. The molecule has 0 spiro atoms. The van der Waals surface area contributed by atoms with Crippen LogP contribution in [0.5, 0.6) is 0 Å². The molecule has 4 atom stereocenters. The van der Waals surface area contributed by atoms with Crippen molar-refractivity contribution >= 4 is 0 Å². The summed E-state index contributed by atoms with van der Waals surface area (Å²) in [5, 5.41) is 10.7. The minimum atomic E-state index is -0.163. The average molecular weight is 286 g/mol. The zero-order chi connectivity index (χ0) is 14.4. The van der Waals surface area contributed by atoms with Gasteiger partial charge in [-0.2, -0.15) is 0 Å². The molecule has 22 heavy (non-hydrogen) atoms. The van der Waals surface area contributed by atoms with E-state index in [2.05, 4.69) is 60.7 Å². The van der Waals surface area contributed by atoms with Gasteiger partial charge in [0, 0.05) is 23.7 Å². The fourth-order valence-corrected chi connectivity index (χ4v) is 6.17. The molecule has 2 aromatic rings. The largest absolute Gasteiger partial charge is 0.392 e. The SMILES string of the molecule is OC1C2C=CC1C1C3c4ccccc4C(c4ccccc43)C21. The first-order chi connectivity index (χ1) is 10.9. The summed E-state index contributed by atoms with van der Waals surface area (Å²) >= 11 is 0. The van der Waals surface area contributed by atoms with E-state index >= 15 is 0 Å². The van der Waals surface area contributed by atoms with Gasteiger partial charge in [0.2, 0.25) is 0 Å². The maximum absolute atomic E-state index is 10.7. The number of fused-ring (bicyclic) bond motifs is 2. The van der Waals surface area contributed by atoms with Gasteiger partial charge in [0.05, 0.1) is 6.10 Å². The van der Waals surface area contributed by atoms with Gasteiger partial charge in [-0.05, 0) is 34.1 Å². The van der Waals surface area contributed by atoms with Crippen molar-refractivity contribution in [3.8, 4) is 0 Å². The Labute approximate surface area is 130 Å². The Morgan fingerprint density at radius 2 is 0.955 bits per heavy atom. The van der Waals surface area contributed by atoms with Crippen LogP contribution in [0.15, 0.2) is 60.7 Å². The van der Waals surface area contributed by atoms with Crippen molar-refractivity contribution in [2.45, 2.75) is 17.9 Å². The fourth-order valence-electron chi connectivity index (χ4n) is 6.17. The molecular formula is C21H18O. The predicted octanol–water partition coefficient (Wildman–Crippen LogP) is 3.69. The van der Waals surface area contributed by atoms with E-state index < -0.39 is 0 Å². The molecule has 1 nitrogen and oxygen atoms in total. The van der Waals surface area contributed by atoms with Crippen LogP contribution in [-0.2, 0) is 0 Å². The molecule has 0 saturated heterocycles. The molecule has 0 amide bonds. The molecule has 7 rings (SSSR count). The summed E-state index contributed by atoms with van der Waals surface area (Å²) in [6.45, 7) is 0. The minimum absolute atomic E-state index is 0.163. The zero-order valence-corrected chi connectivity index (χ0v) is 12.3. The smallest absolute Gasteiger partial charge is 0.0671 e. The van der Waals surface area contributed by atoms with E-state index in [0.717, 1.165) is 0 Å². The lowest BCUT2D eigenvalue weighted by Gasteiger charge is -2.51. The summed E-state index contributed by atoms with van der Waals surface area (Å²) in [7, 11) is 0. The number of rotatable bonds is 0. The standard InChI is InChI=1S/C21H18O/c22-21-15-9-10-16(21)20-18-12-6-2-1-5-11(12)17(19(15)20)13-7-3-4-8-14(13)18/h1-10,15-22H. The maximum Gasteiger partial charge on any atom is 0.0671 e. The Kier molecular flexibility index (Phi) is 1.97. The Morgan fingerprint density at radius 3 is 1.32 bits per heavy atom. The van der Waals surface area contributed by atoms with Gasteiger partial charge >= 0.3 is 0 Å². The molecule has 0 radical (unpaired) electrons. The van der Waals surface area contributed by atoms with E-state index in [1.165, 1.54) is 22.3 Å². The normalized spacial score (nSPS) is 42.1. The van der Waals surface area contributed by atoms with Crippen molar-refractivity contribution in [3.63, 3.8) is 0 Å². The summed E-state index contributed by atoms with van der Waals surface area (Å²) in [5.41, 5.74) is 6.06. The highest BCUT2D eigenvalue weighted by Gasteiger charge is 2.62. The second-order valence-electron chi connectivity index (χ2n) is 7.40. The van der Waals surface area contributed by atoms with E-state index in [-0.39, 0.29) is 6.10 Å². The van der Waals surface area contributed by atoms with Crippen LogP contribution in [-0.4, -0.2) is 11.2 Å². The van der Waals surface area contributed by atoms with E-state index in [9.17, 15) is 5.11 Å². The Bertz CT molecular complexity index is 707. The topological polar surface area (TPSA) is 20.2 Å². The Morgan fingerprint density at radius 1 is 0.591 bits per heavy atom. The van der Waals surface area contributed by atoms with Crippen molar-refractivity contribution in [2.24, 2.45) is 23.7 Å². The van der Waals surface area contributed by atoms with Crippen molar-refractivity contribution < 1.29 is 5.11 Å². The van der Waals surface area contributed by atoms with E-state index in [1.54, 1.807) is 0 Å². The molecule has 1 saturated carbocycles. The third kappa shape index (κ3) is 1.11. The third-order valence-electron chi connectivity index (χ3n) is 6.78. The lowest BCUT2D eigenvalue weighted by molar-refractivity contribution is 0.127. The lowest BCUT2D eigenvalue weighted by atomic mass is 9.52. The summed E-state index contributed by atoms with van der Waals surface area (Å²) in [6, 6.07) is 18.0. The molecule has 0 aliphatic heterocycles. The molecule has 5 aliphatic rings. The highest BCUT2D eigenvalue weighted by molar-refractivity contribution is 5.58. The van der Waals surface area contributed by atoms with Gasteiger partial charge in [0.1, 0.15) is 0 Å². The minimum Gasteiger partial charge on any atom is -0.392 e. The maximum atomic E-state index is 10.7. The van der Waals surface area contributed by atoms with Crippen LogP contribution in [0.3, 0.4) is 0 Å². The van der Waals surface area contributed by atoms with E-state index in [4.69, 9.17) is 0 Å². The highest BCUT2D eigenvalue weighted by Crippen LogP contribution is 2.67. The van der Waals surface area contributed by atoms with Gasteiger partial charge in [0.25, 0.3) is 0 Å². The first-order valence-electron chi connectivity index (χ1n) is 8.40. The second kappa shape index (κ2) is 3.72.